The van der Waals surface area contributed by atoms with E-state index in [1.165, 1.54) is 6.39 Å². The Balaban J connectivity index is 1.51. The average molecular weight is 287 g/mol. The first kappa shape index (κ1) is 13.2. The van der Waals surface area contributed by atoms with Gasteiger partial charge in [-0.2, -0.15) is 0 Å². The number of carbonyl (C=O) groups excluding carboxylic acids is 2. The molecule has 2 heterocycles. The van der Waals surface area contributed by atoms with Crippen LogP contribution in [0.1, 0.15) is 5.56 Å². The number of nitrogens with one attached hydrogen (secondary N) is 2. The monoisotopic (exact) mass is 287 g/mol. The minimum absolute atomic E-state index is 0.138. The van der Waals surface area contributed by atoms with Crippen LogP contribution in [-0.4, -0.2) is 29.6 Å². The van der Waals surface area contributed by atoms with Crippen molar-refractivity contribution in [2.24, 2.45) is 0 Å². The molecule has 0 aliphatic carbocycles. The standard InChI is InChI=1S/C14H13N3O4/c18-13-11(5-15-13)17-14(19)21-6-9-1-3-10(4-2-9)12-7-20-8-16-12/h1-4,7-8,11H,5-6H2,(H,15,18)(H,17,19)/t11-/m0/s1. The van der Waals surface area contributed by atoms with E-state index < -0.39 is 12.1 Å². The molecule has 0 radical (unpaired) electrons. The molecule has 0 spiro atoms. The number of β-lactam (4-membered cyclic amide) rings is 1. The zero-order valence-electron chi connectivity index (χ0n) is 11.0. The summed E-state index contributed by atoms with van der Waals surface area (Å²) in [5.41, 5.74) is 2.51. The molecule has 7 nitrogen and oxygen atoms in total. The average Bonchev–Trinajstić information content (AvgIpc) is 3.04. The number of amides is 2. The van der Waals surface area contributed by atoms with Gasteiger partial charge in [-0.05, 0) is 5.56 Å². The van der Waals surface area contributed by atoms with E-state index in [9.17, 15) is 9.59 Å². The molecule has 3 rings (SSSR count). The van der Waals surface area contributed by atoms with Gasteiger partial charge in [0.25, 0.3) is 0 Å². The van der Waals surface area contributed by atoms with Gasteiger partial charge in [0.05, 0.1) is 0 Å². The number of aromatic nitrogens is 1. The fraction of sp³-hybridized carbons (Fsp3) is 0.214. The quantitative estimate of drug-likeness (QED) is 0.820. The Hall–Kier alpha value is -2.83. The molecule has 0 unspecified atom stereocenters. The summed E-state index contributed by atoms with van der Waals surface area (Å²) in [4.78, 5) is 26.5. The third kappa shape index (κ3) is 3.02. The molecule has 2 aromatic rings. The van der Waals surface area contributed by atoms with Crippen molar-refractivity contribution in [2.45, 2.75) is 12.6 Å². The van der Waals surface area contributed by atoms with Crippen LogP contribution in [-0.2, 0) is 16.1 Å². The van der Waals surface area contributed by atoms with E-state index in [1.54, 1.807) is 6.26 Å². The van der Waals surface area contributed by atoms with Crippen LogP contribution in [0.2, 0.25) is 0 Å². The molecule has 7 heteroatoms. The molecule has 1 fully saturated rings. The van der Waals surface area contributed by atoms with Crippen LogP contribution in [0.15, 0.2) is 41.3 Å². The molecule has 2 amide bonds. The van der Waals surface area contributed by atoms with Crippen molar-refractivity contribution >= 4 is 12.0 Å². The second kappa shape index (κ2) is 5.66. The normalized spacial score (nSPS) is 16.8. The van der Waals surface area contributed by atoms with E-state index in [0.29, 0.717) is 6.54 Å². The third-order valence-corrected chi connectivity index (χ3v) is 3.14. The molecular formula is C14H13N3O4. The summed E-state index contributed by atoms with van der Waals surface area (Å²) in [5.74, 6) is -0.191. The molecule has 1 aliphatic rings. The predicted octanol–water partition coefficient (Wildman–Crippen LogP) is 1.07. The SMILES string of the molecule is O=C(N[C@H]1CNC1=O)OCc1ccc(-c2cocn2)cc1. The zero-order valence-corrected chi connectivity index (χ0v) is 11.0. The van der Waals surface area contributed by atoms with Crippen molar-refractivity contribution in [3.8, 4) is 11.3 Å². The maximum atomic E-state index is 11.5. The first-order valence-electron chi connectivity index (χ1n) is 6.41. The van der Waals surface area contributed by atoms with Gasteiger partial charge in [0.2, 0.25) is 5.91 Å². The number of alkyl carbamates (subject to hydrolysis) is 1. The number of benzene rings is 1. The summed E-state index contributed by atoms with van der Waals surface area (Å²) in [6, 6.07) is 6.94. The Morgan fingerprint density at radius 2 is 2.24 bits per heavy atom. The number of carbonyl (C=O) groups is 2. The molecule has 108 valence electrons. The van der Waals surface area contributed by atoms with Crippen LogP contribution < -0.4 is 10.6 Å². The summed E-state index contributed by atoms with van der Waals surface area (Å²) < 4.78 is 9.97. The first-order chi connectivity index (χ1) is 10.2. The van der Waals surface area contributed by atoms with Crippen LogP contribution >= 0.6 is 0 Å². The molecule has 1 aliphatic heterocycles. The van der Waals surface area contributed by atoms with Gasteiger partial charge >= 0.3 is 6.09 Å². The molecule has 1 saturated heterocycles. The number of hydrogen-bond acceptors (Lipinski definition) is 5. The lowest BCUT2D eigenvalue weighted by Gasteiger charge is -2.26. The summed E-state index contributed by atoms with van der Waals surface area (Å²) in [7, 11) is 0. The van der Waals surface area contributed by atoms with E-state index in [-0.39, 0.29) is 12.5 Å². The van der Waals surface area contributed by atoms with Crippen molar-refractivity contribution < 1.29 is 18.7 Å². The van der Waals surface area contributed by atoms with Crippen LogP contribution in [0.25, 0.3) is 11.3 Å². The molecule has 0 saturated carbocycles. The number of rotatable bonds is 4. The summed E-state index contributed by atoms with van der Waals surface area (Å²) in [6.07, 6.45) is 2.33. The highest BCUT2D eigenvalue weighted by molar-refractivity contribution is 5.90. The zero-order chi connectivity index (χ0) is 14.7. The second-order valence-electron chi connectivity index (χ2n) is 4.59. The molecule has 2 N–H and O–H groups in total. The van der Waals surface area contributed by atoms with Crippen molar-refractivity contribution in [1.82, 2.24) is 15.6 Å². The van der Waals surface area contributed by atoms with Gasteiger partial charge in [-0.3, -0.25) is 4.79 Å². The largest absolute Gasteiger partial charge is 0.451 e. The van der Waals surface area contributed by atoms with Crippen LogP contribution in [0.3, 0.4) is 0 Å². The fourth-order valence-corrected chi connectivity index (χ4v) is 1.86. The lowest BCUT2D eigenvalue weighted by molar-refractivity contribution is -0.128. The van der Waals surface area contributed by atoms with Gasteiger partial charge in [0.15, 0.2) is 6.39 Å². The summed E-state index contributed by atoms with van der Waals surface area (Å²) >= 11 is 0. The maximum Gasteiger partial charge on any atom is 0.408 e. The molecule has 1 atom stereocenters. The fourth-order valence-electron chi connectivity index (χ4n) is 1.86. The number of nitrogens with zero attached hydrogens (tertiary/aromatic N) is 1. The van der Waals surface area contributed by atoms with Crippen molar-refractivity contribution in [3.05, 3.63) is 42.5 Å². The van der Waals surface area contributed by atoms with Crippen molar-refractivity contribution in [3.63, 3.8) is 0 Å². The van der Waals surface area contributed by atoms with E-state index in [4.69, 9.17) is 9.15 Å². The topological polar surface area (TPSA) is 93.5 Å². The minimum atomic E-state index is -0.601. The lowest BCUT2D eigenvalue weighted by Crippen LogP contribution is -2.61. The van der Waals surface area contributed by atoms with Crippen molar-refractivity contribution in [2.75, 3.05) is 6.54 Å². The summed E-state index contributed by atoms with van der Waals surface area (Å²) in [6.45, 7) is 0.583. The Labute approximate surface area is 120 Å². The van der Waals surface area contributed by atoms with E-state index >= 15 is 0 Å². The van der Waals surface area contributed by atoms with Gasteiger partial charge < -0.3 is 19.8 Å². The highest BCUT2D eigenvalue weighted by Crippen LogP contribution is 2.17. The molecule has 1 aromatic heterocycles. The maximum absolute atomic E-state index is 11.5. The highest BCUT2D eigenvalue weighted by Gasteiger charge is 2.29. The lowest BCUT2D eigenvalue weighted by atomic mass is 10.1. The Morgan fingerprint density at radius 3 is 2.81 bits per heavy atom. The molecule has 21 heavy (non-hydrogen) atoms. The smallest absolute Gasteiger partial charge is 0.408 e. The van der Waals surface area contributed by atoms with Gasteiger partial charge in [-0.25, -0.2) is 9.78 Å². The van der Waals surface area contributed by atoms with Crippen molar-refractivity contribution in [1.29, 1.82) is 0 Å². The van der Waals surface area contributed by atoms with Gasteiger partial charge in [0.1, 0.15) is 24.6 Å². The predicted molar refractivity (Wildman–Crippen MR) is 72.1 cm³/mol. The van der Waals surface area contributed by atoms with Crippen LogP contribution in [0.5, 0.6) is 0 Å². The molecule has 1 aromatic carbocycles. The van der Waals surface area contributed by atoms with E-state index in [0.717, 1.165) is 16.8 Å². The van der Waals surface area contributed by atoms with Gasteiger partial charge in [-0.1, -0.05) is 24.3 Å². The Bertz CT molecular complexity index is 637. The highest BCUT2D eigenvalue weighted by atomic mass is 16.5. The van der Waals surface area contributed by atoms with Crippen LogP contribution in [0.4, 0.5) is 4.79 Å². The Kier molecular flexibility index (Phi) is 3.55. The summed E-state index contributed by atoms with van der Waals surface area (Å²) in [5, 5.41) is 5.01. The second-order valence-corrected chi connectivity index (χ2v) is 4.59. The van der Waals surface area contributed by atoms with E-state index in [2.05, 4.69) is 15.6 Å². The minimum Gasteiger partial charge on any atom is -0.451 e. The number of ether oxygens (including phenoxy) is 1. The van der Waals surface area contributed by atoms with E-state index in [1.807, 2.05) is 24.3 Å². The number of oxazole rings is 1. The third-order valence-electron chi connectivity index (χ3n) is 3.14. The Morgan fingerprint density at radius 1 is 1.43 bits per heavy atom. The van der Waals surface area contributed by atoms with Gasteiger partial charge in [0, 0.05) is 12.1 Å². The molecule has 0 bridgehead atoms. The molecular weight excluding hydrogens is 274 g/mol. The first-order valence-corrected chi connectivity index (χ1v) is 6.41. The number of hydrogen-bond donors (Lipinski definition) is 2. The van der Waals surface area contributed by atoms with Gasteiger partial charge in [-0.15, -0.1) is 0 Å². The van der Waals surface area contributed by atoms with Crippen LogP contribution in [0, 0.1) is 0 Å².